The van der Waals surface area contributed by atoms with Gasteiger partial charge in [-0.25, -0.2) is 0 Å². The molecule has 1 rings (SSSR count). The average Bonchev–Trinajstić information content (AvgIpc) is 2.39. The molecule has 8 heteroatoms. The number of amides is 2. The van der Waals surface area contributed by atoms with Gasteiger partial charge >= 0.3 is 0 Å². The Labute approximate surface area is 135 Å². The van der Waals surface area contributed by atoms with E-state index in [2.05, 4.69) is 10.6 Å². The van der Waals surface area contributed by atoms with Crippen LogP contribution in [-0.4, -0.2) is 47.8 Å². The van der Waals surface area contributed by atoms with Gasteiger partial charge in [-0.05, 0) is 39.4 Å². The molecule has 0 fully saturated rings. The molecule has 126 valence electrons. The van der Waals surface area contributed by atoms with Crippen molar-refractivity contribution in [3.05, 3.63) is 33.9 Å². The first kappa shape index (κ1) is 18.6. The topological polar surface area (TPSA) is 105 Å². The standard InChI is InChI=1S/C15H22N4O4/c1-10(2)16-14(20)8-18(4)9-15(21)17-13-6-5-12(19(22)23)7-11(13)3/h5-7,10H,8-9H2,1-4H3,(H,16,20)(H,17,21). The molecule has 1 aromatic carbocycles. The Morgan fingerprint density at radius 2 is 1.87 bits per heavy atom. The van der Waals surface area contributed by atoms with Gasteiger partial charge in [0.25, 0.3) is 5.69 Å². The first-order chi connectivity index (χ1) is 10.7. The third-order valence-corrected chi connectivity index (χ3v) is 2.97. The van der Waals surface area contributed by atoms with Gasteiger partial charge in [0, 0.05) is 23.9 Å². The smallest absolute Gasteiger partial charge is 0.269 e. The molecule has 0 aromatic heterocycles. The van der Waals surface area contributed by atoms with E-state index < -0.39 is 4.92 Å². The van der Waals surface area contributed by atoms with Crippen molar-refractivity contribution in [2.75, 3.05) is 25.5 Å². The number of non-ortho nitro benzene ring substituents is 1. The van der Waals surface area contributed by atoms with Crippen LogP contribution in [-0.2, 0) is 9.59 Å². The minimum absolute atomic E-state index is 0.0250. The number of hydrogen-bond acceptors (Lipinski definition) is 5. The second-order valence-electron chi connectivity index (χ2n) is 5.70. The number of carbonyl (C=O) groups excluding carboxylic acids is 2. The molecular formula is C15H22N4O4. The lowest BCUT2D eigenvalue weighted by atomic mass is 10.2. The fourth-order valence-electron chi connectivity index (χ4n) is 2.01. The number of nitro groups is 1. The maximum absolute atomic E-state index is 12.0. The van der Waals surface area contributed by atoms with Crippen LogP contribution in [0.4, 0.5) is 11.4 Å². The Kier molecular flexibility index (Phi) is 6.65. The summed E-state index contributed by atoms with van der Waals surface area (Å²) in [6.45, 7) is 5.57. The quantitative estimate of drug-likeness (QED) is 0.581. The summed E-state index contributed by atoms with van der Waals surface area (Å²) in [6, 6.07) is 4.28. The number of nitro benzene ring substituents is 1. The number of benzene rings is 1. The maximum atomic E-state index is 12.0. The van der Waals surface area contributed by atoms with E-state index in [9.17, 15) is 19.7 Å². The van der Waals surface area contributed by atoms with Gasteiger partial charge in [-0.1, -0.05) is 0 Å². The van der Waals surface area contributed by atoms with Gasteiger partial charge in [-0.15, -0.1) is 0 Å². The molecule has 0 aliphatic rings. The van der Waals surface area contributed by atoms with Crippen LogP contribution in [0.3, 0.4) is 0 Å². The predicted molar refractivity (Wildman–Crippen MR) is 87.2 cm³/mol. The Morgan fingerprint density at radius 3 is 2.39 bits per heavy atom. The van der Waals surface area contributed by atoms with Gasteiger partial charge in [-0.2, -0.15) is 0 Å². The largest absolute Gasteiger partial charge is 0.353 e. The zero-order valence-corrected chi connectivity index (χ0v) is 13.8. The van der Waals surface area contributed by atoms with Crippen LogP contribution in [0.5, 0.6) is 0 Å². The number of nitrogens with one attached hydrogen (secondary N) is 2. The summed E-state index contributed by atoms with van der Waals surface area (Å²) in [5, 5.41) is 16.1. The van der Waals surface area contributed by atoms with Crippen molar-refractivity contribution in [1.29, 1.82) is 0 Å². The van der Waals surface area contributed by atoms with E-state index in [1.807, 2.05) is 13.8 Å². The Morgan fingerprint density at radius 1 is 1.26 bits per heavy atom. The summed E-state index contributed by atoms with van der Waals surface area (Å²) in [5.41, 5.74) is 1.09. The van der Waals surface area contributed by atoms with Crippen LogP contribution in [0.15, 0.2) is 18.2 Å². The summed E-state index contributed by atoms with van der Waals surface area (Å²) in [5.74, 6) is -0.441. The number of rotatable bonds is 7. The molecule has 0 unspecified atom stereocenters. The molecule has 1 aromatic rings. The molecule has 2 amide bonds. The fraction of sp³-hybridized carbons (Fsp3) is 0.467. The molecule has 23 heavy (non-hydrogen) atoms. The molecule has 0 aliphatic carbocycles. The van der Waals surface area contributed by atoms with Gasteiger partial charge in [0.2, 0.25) is 11.8 Å². The predicted octanol–water partition coefficient (Wildman–Crippen LogP) is 1.30. The van der Waals surface area contributed by atoms with E-state index >= 15 is 0 Å². The molecule has 0 saturated heterocycles. The average molecular weight is 322 g/mol. The monoisotopic (exact) mass is 322 g/mol. The maximum Gasteiger partial charge on any atom is 0.269 e. The van der Waals surface area contributed by atoms with Gasteiger partial charge in [0.05, 0.1) is 18.0 Å². The van der Waals surface area contributed by atoms with Crippen molar-refractivity contribution < 1.29 is 14.5 Å². The summed E-state index contributed by atoms with van der Waals surface area (Å²) in [4.78, 5) is 35.4. The number of hydrogen-bond donors (Lipinski definition) is 2. The normalized spacial score (nSPS) is 10.7. The second kappa shape index (κ2) is 8.23. The lowest BCUT2D eigenvalue weighted by molar-refractivity contribution is -0.384. The van der Waals surface area contributed by atoms with Crippen LogP contribution < -0.4 is 10.6 Å². The first-order valence-electron chi connectivity index (χ1n) is 7.22. The Balaban J connectivity index is 2.56. The van der Waals surface area contributed by atoms with Crippen molar-refractivity contribution in [2.45, 2.75) is 26.8 Å². The number of aryl methyl sites for hydroxylation is 1. The van der Waals surface area contributed by atoms with Crippen molar-refractivity contribution in [1.82, 2.24) is 10.2 Å². The molecule has 2 N–H and O–H groups in total. The van der Waals surface area contributed by atoms with Crippen LogP contribution in [0.25, 0.3) is 0 Å². The van der Waals surface area contributed by atoms with Gasteiger partial charge in [0.1, 0.15) is 0 Å². The van der Waals surface area contributed by atoms with Crippen LogP contribution in [0, 0.1) is 17.0 Å². The molecule has 0 heterocycles. The number of nitrogens with zero attached hydrogens (tertiary/aromatic N) is 2. The lowest BCUT2D eigenvalue weighted by Gasteiger charge is -2.17. The number of carbonyl (C=O) groups is 2. The van der Waals surface area contributed by atoms with E-state index in [0.717, 1.165) is 0 Å². The Bertz CT molecular complexity index is 601. The van der Waals surface area contributed by atoms with Crippen molar-refractivity contribution in [2.24, 2.45) is 0 Å². The molecule has 8 nitrogen and oxygen atoms in total. The molecule has 0 spiro atoms. The molecule has 0 saturated carbocycles. The summed E-state index contributed by atoms with van der Waals surface area (Å²) in [6.07, 6.45) is 0. The SMILES string of the molecule is Cc1cc([N+](=O)[O-])ccc1NC(=O)CN(C)CC(=O)NC(C)C. The lowest BCUT2D eigenvalue weighted by Crippen LogP contribution is -2.41. The van der Waals surface area contributed by atoms with Crippen molar-refractivity contribution >= 4 is 23.2 Å². The fourth-order valence-corrected chi connectivity index (χ4v) is 2.01. The molecule has 0 aliphatic heterocycles. The highest BCUT2D eigenvalue weighted by atomic mass is 16.6. The van der Waals surface area contributed by atoms with E-state index in [0.29, 0.717) is 11.3 Å². The zero-order chi connectivity index (χ0) is 17.6. The van der Waals surface area contributed by atoms with Crippen LogP contribution in [0.2, 0.25) is 0 Å². The second-order valence-corrected chi connectivity index (χ2v) is 5.70. The number of likely N-dealkylation sites (N-methyl/N-ethyl adjacent to an activating group) is 1. The highest BCUT2D eigenvalue weighted by Gasteiger charge is 2.13. The van der Waals surface area contributed by atoms with E-state index in [-0.39, 0.29) is 36.6 Å². The van der Waals surface area contributed by atoms with E-state index in [1.165, 1.54) is 18.2 Å². The highest BCUT2D eigenvalue weighted by molar-refractivity contribution is 5.93. The van der Waals surface area contributed by atoms with Gasteiger partial charge < -0.3 is 10.6 Å². The van der Waals surface area contributed by atoms with Crippen LogP contribution >= 0.6 is 0 Å². The third-order valence-electron chi connectivity index (χ3n) is 2.97. The molecule has 0 radical (unpaired) electrons. The van der Waals surface area contributed by atoms with Gasteiger partial charge in [0.15, 0.2) is 0 Å². The first-order valence-corrected chi connectivity index (χ1v) is 7.22. The van der Waals surface area contributed by atoms with E-state index in [4.69, 9.17) is 0 Å². The van der Waals surface area contributed by atoms with Gasteiger partial charge in [-0.3, -0.25) is 24.6 Å². The highest BCUT2D eigenvalue weighted by Crippen LogP contribution is 2.21. The van der Waals surface area contributed by atoms with Crippen molar-refractivity contribution in [3.8, 4) is 0 Å². The zero-order valence-electron chi connectivity index (χ0n) is 13.8. The minimum atomic E-state index is -0.486. The molecule has 0 atom stereocenters. The Hall–Kier alpha value is -2.48. The number of anilines is 1. The van der Waals surface area contributed by atoms with E-state index in [1.54, 1.807) is 18.9 Å². The summed E-state index contributed by atoms with van der Waals surface area (Å²) >= 11 is 0. The summed E-state index contributed by atoms with van der Waals surface area (Å²) in [7, 11) is 1.67. The minimum Gasteiger partial charge on any atom is -0.353 e. The summed E-state index contributed by atoms with van der Waals surface area (Å²) < 4.78 is 0. The van der Waals surface area contributed by atoms with Crippen LogP contribution in [0.1, 0.15) is 19.4 Å². The molecule has 0 bridgehead atoms. The third kappa shape index (κ3) is 6.43. The molecular weight excluding hydrogens is 300 g/mol. The van der Waals surface area contributed by atoms with Crippen molar-refractivity contribution in [3.63, 3.8) is 0 Å².